The van der Waals surface area contributed by atoms with Gasteiger partial charge in [-0.05, 0) is 17.9 Å². The summed E-state index contributed by atoms with van der Waals surface area (Å²) in [6.07, 6.45) is -2.85. The molecule has 0 fully saturated rings. The van der Waals surface area contributed by atoms with Crippen LogP contribution in [0, 0.1) is 11.2 Å². The largest absolute Gasteiger partial charge is 0.477 e. The van der Waals surface area contributed by atoms with Crippen LogP contribution in [0.5, 0.6) is 5.88 Å². The third-order valence-corrected chi connectivity index (χ3v) is 3.82. The van der Waals surface area contributed by atoms with Gasteiger partial charge >= 0.3 is 6.18 Å². The minimum atomic E-state index is -4.53. The molecule has 8 heteroatoms. The number of ether oxygens (including phenoxy) is 1. The summed E-state index contributed by atoms with van der Waals surface area (Å²) < 4.78 is 56.9. The number of thiazole rings is 1. The fraction of sp³-hybridized carbons (Fsp3) is 0.467. The summed E-state index contributed by atoms with van der Waals surface area (Å²) >= 11 is 0.452. The van der Waals surface area contributed by atoms with Crippen LogP contribution in [0.2, 0.25) is 0 Å². The number of nitrogens with zero attached hydrogens (tertiary/aromatic N) is 2. The number of hydrogen-bond donors (Lipinski definition) is 0. The molecule has 0 aliphatic carbocycles. The summed E-state index contributed by atoms with van der Waals surface area (Å²) in [5.41, 5.74) is 0.148. The maximum absolute atomic E-state index is 13.4. The van der Waals surface area contributed by atoms with Gasteiger partial charge < -0.3 is 4.74 Å². The van der Waals surface area contributed by atoms with Crippen LogP contribution in [0.25, 0.3) is 11.3 Å². The molecular weight excluding hydrogens is 332 g/mol. The van der Waals surface area contributed by atoms with Crippen molar-refractivity contribution in [1.82, 2.24) is 9.97 Å². The number of alkyl halides is 3. The maximum atomic E-state index is 13.4. The molecule has 0 N–H and O–H groups in total. The van der Waals surface area contributed by atoms with E-state index in [1.165, 1.54) is 5.38 Å². The first kappa shape index (κ1) is 17.7. The third-order valence-electron chi connectivity index (χ3n) is 2.93. The predicted octanol–water partition coefficient (Wildman–Crippen LogP) is 5.18. The Kier molecular flexibility index (Phi) is 4.93. The highest BCUT2D eigenvalue weighted by atomic mass is 32.1. The maximum Gasteiger partial charge on any atom is 0.443 e. The van der Waals surface area contributed by atoms with Crippen molar-refractivity contribution in [3.8, 4) is 17.1 Å². The van der Waals surface area contributed by atoms with Crippen LogP contribution in [0.1, 0.15) is 32.2 Å². The molecule has 0 unspecified atom stereocenters. The third kappa shape index (κ3) is 4.89. The highest BCUT2D eigenvalue weighted by Crippen LogP contribution is 2.36. The normalized spacial score (nSPS) is 12.5. The molecule has 0 saturated heterocycles. The Hall–Kier alpha value is -1.70. The minimum Gasteiger partial charge on any atom is -0.477 e. The van der Waals surface area contributed by atoms with Crippen LogP contribution in [-0.2, 0) is 6.18 Å². The van der Waals surface area contributed by atoms with Crippen LogP contribution < -0.4 is 4.74 Å². The minimum absolute atomic E-state index is 0.0000775. The Morgan fingerprint density at radius 1 is 1.22 bits per heavy atom. The van der Waals surface area contributed by atoms with Crippen molar-refractivity contribution in [2.75, 3.05) is 6.61 Å². The van der Waals surface area contributed by atoms with Gasteiger partial charge in [0.05, 0.1) is 24.1 Å². The van der Waals surface area contributed by atoms with Gasteiger partial charge in [0.1, 0.15) is 5.82 Å². The molecule has 0 aromatic carbocycles. The van der Waals surface area contributed by atoms with Gasteiger partial charge in [-0.1, -0.05) is 20.8 Å². The van der Waals surface area contributed by atoms with Crippen molar-refractivity contribution in [3.63, 3.8) is 0 Å². The van der Waals surface area contributed by atoms with E-state index < -0.39 is 17.0 Å². The second-order valence-corrected chi connectivity index (χ2v) is 7.06. The summed E-state index contributed by atoms with van der Waals surface area (Å²) in [6, 6.07) is 1.08. The number of hydrogen-bond acceptors (Lipinski definition) is 4. The lowest BCUT2D eigenvalue weighted by atomic mass is 9.93. The zero-order chi connectivity index (χ0) is 17.3. The highest BCUT2D eigenvalue weighted by molar-refractivity contribution is 7.10. The van der Waals surface area contributed by atoms with Gasteiger partial charge in [0.25, 0.3) is 0 Å². The van der Waals surface area contributed by atoms with E-state index in [4.69, 9.17) is 4.74 Å². The molecule has 0 amide bonds. The number of halogens is 4. The Bertz CT molecular complexity index is 677. The van der Waals surface area contributed by atoms with E-state index in [1.807, 2.05) is 20.8 Å². The van der Waals surface area contributed by atoms with E-state index in [1.54, 1.807) is 0 Å². The van der Waals surface area contributed by atoms with Crippen LogP contribution in [0.3, 0.4) is 0 Å². The molecule has 23 heavy (non-hydrogen) atoms. The Labute approximate surface area is 135 Å². The van der Waals surface area contributed by atoms with Gasteiger partial charge in [0.2, 0.25) is 5.88 Å². The van der Waals surface area contributed by atoms with E-state index in [0.29, 0.717) is 17.9 Å². The van der Waals surface area contributed by atoms with Crippen molar-refractivity contribution in [2.24, 2.45) is 5.41 Å². The van der Waals surface area contributed by atoms with Crippen LogP contribution in [-0.4, -0.2) is 16.6 Å². The molecule has 0 saturated carbocycles. The lowest BCUT2D eigenvalue weighted by molar-refractivity contribution is -0.137. The second-order valence-electron chi connectivity index (χ2n) is 6.20. The molecule has 0 aliphatic rings. The zero-order valence-electron chi connectivity index (χ0n) is 12.9. The summed E-state index contributed by atoms with van der Waals surface area (Å²) in [6.45, 7) is 6.42. The predicted molar refractivity (Wildman–Crippen MR) is 79.9 cm³/mol. The molecule has 3 nitrogen and oxygen atoms in total. The number of pyridine rings is 1. The fourth-order valence-electron chi connectivity index (χ4n) is 1.71. The smallest absolute Gasteiger partial charge is 0.443 e. The molecule has 0 radical (unpaired) electrons. The summed E-state index contributed by atoms with van der Waals surface area (Å²) in [4.78, 5) is 7.35. The fourth-order valence-corrected chi connectivity index (χ4v) is 2.39. The van der Waals surface area contributed by atoms with Crippen LogP contribution in [0.4, 0.5) is 17.6 Å². The molecule has 2 aromatic rings. The average Bonchev–Trinajstić information content (AvgIpc) is 2.88. The van der Waals surface area contributed by atoms with Crippen molar-refractivity contribution >= 4 is 11.3 Å². The molecule has 0 bridgehead atoms. The van der Waals surface area contributed by atoms with E-state index in [2.05, 4.69) is 9.97 Å². The summed E-state index contributed by atoms with van der Waals surface area (Å²) in [5.74, 6) is -0.584. The molecule has 0 spiro atoms. The lowest BCUT2D eigenvalue weighted by Gasteiger charge is -2.18. The number of rotatable bonds is 4. The summed E-state index contributed by atoms with van der Waals surface area (Å²) in [5, 5.41) is 0.230. The molecule has 0 atom stereocenters. The lowest BCUT2D eigenvalue weighted by Crippen LogP contribution is -2.12. The Morgan fingerprint density at radius 2 is 1.91 bits per heavy atom. The average molecular weight is 348 g/mol. The van der Waals surface area contributed by atoms with Crippen molar-refractivity contribution < 1.29 is 22.3 Å². The first-order chi connectivity index (χ1) is 10.6. The molecule has 2 heterocycles. The van der Waals surface area contributed by atoms with Crippen LogP contribution >= 0.6 is 11.3 Å². The van der Waals surface area contributed by atoms with E-state index in [0.717, 1.165) is 18.7 Å². The molecule has 0 aliphatic heterocycles. The van der Waals surface area contributed by atoms with E-state index >= 15 is 0 Å². The van der Waals surface area contributed by atoms with Gasteiger partial charge in [-0.3, -0.25) is 0 Å². The number of aromatic nitrogens is 2. The molecule has 126 valence electrons. The van der Waals surface area contributed by atoms with E-state index in [-0.39, 0.29) is 22.6 Å². The van der Waals surface area contributed by atoms with Crippen molar-refractivity contribution in [3.05, 3.63) is 28.5 Å². The van der Waals surface area contributed by atoms with E-state index in [9.17, 15) is 17.6 Å². The topological polar surface area (TPSA) is 35.0 Å². The van der Waals surface area contributed by atoms with Crippen molar-refractivity contribution in [1.29, 1.82) is 0 Å². The van der Waals surface area contributed by atoms with Crippen molar-refractivity contribution in [2.45, 2.75) is 33.4 Å². The highest BCUT2D eigenvalue weighted by Gasteiger charge is 2.35. The van der Waals surface area contributed by atoms with Crippen LogP contribution in [0.15, 0.2) is 17.6 Å². The zero-order valence-corrected chi connectivity index (χ0v) is 13.7. The molecule has 2 aromatic heterocycles. The standard InChI is InChI=1S/C15H16F4N2OS/c1-14(2,3)4-5-22-12-10(6-9(16)7-20-12)11-8-23-13(21-11)15(17,18)19/h6-8H,4-5H2,1-3H3. The summed E-state index contributed by atoms with van der Waals surface area (Å²) in [7, 11) is 0. The molecular formula is C15H16F4N2OS. The monoisotopic (exact) mass is 348 g/mol. The van der Waals surface area contributed by atoms with Gasteiger partial charge in [-0.15, -0.1) is 11.3 Å². The molecule has 2 rings (SSSR count). The first-order valence-electron chi connectivity index (χ1n) is 6.88. The van der Waals surface area contributed by atoms with Gasteiger partial charge in [0.15, 0.2) is 5.01 Å². The quantitative estimate of drug-likeness (QED) is 0.714. The van der Waals surface area contributed by atoms with Gasteiger partial charge in [-0.25, -0.2) is 14.4 Å². The van der Waals surface area contributed by atoms with Gasteiger partial charge in [0, 0.05) is 5.38 Å². The second kappa shape index (κ2) is 6.43. The SMILES string of the molecule is CC(C)(C)CCOc1ncc(F)cc1-c1csc(C(F)(F)F)n1. The Balaban J connectivity index is 2.27. The van der Waals surface area contributed by atoms with Gasteiger partial charge in [-0.2, -0.15) is 13.2 Å². The first-order valence-corrected chi connectivity index (χ1v) is 7.76. The Morgan fingerprint density at radius 3 is 2.48 bits per heavy atom.